The molecular weight excluding hydrogens is 398 g/mol. The van der Waals surface area contributed by atoms with Gasteiger partial charge in [0.1, 0.15) is 12.6 Å². The number of benzene rings is 1. The zero-order valence-electron chi connectivity index (χ0n) is 19.8. The maximum Gasteiger partial charge on any atom is 0.105 e. The lowest BCUT2D eigenvalue weighted by atomic mass is 10.1. The van der Waals surface area contributed by atoms with Crippen LogP contribution in [0.3, 0.4) is 0 Å². The lowest BCUT2D eigenvalue weighted by Crippen LogP contribution is -2.53. The fraction of sp³-hybridized carbons (Fsp3) is 0.720. The van der Waals surface area contributed by atoms with Crippen molar-refractivity contribution in [2.75, 3.05) is 26.2 Å². The van der Waals surface area contributed by atoms with Crippen molar-refractivity contribution in [1.29, 1.82) is 0 Å². The number of hydrogen-bond acceptors (Lipinski definition) is 3. The minimum absolute atomic E-state index is 0. The summed E-state index contributed by atoms with van der Waals surface area (Å²) >= 11 is 0. The van der Waals surface area contributed by atoms with Gasteiger partial charge in [-0.2, -0.15) is 0 Å². The van der Waals surface area contributed by atoms with E-state index in [4.69, 9.17) is 0 Å². The van der Waals surface area contributed by atoms with Crippen LogP contribution in [0.5, 0.6) is 0 Å². The quantitative estimate of drug-likeness (QED) is 0.298. The molecule has 0 radical (unpaired) electrons. The highest BCUT2D eigenvalue weighted by atomic mass is 35.5. The van der Waals surface area contributed by atoms with E-state index in [1.807, 2.05) is 6.92 Å². The van der Waals surface area contributed by atoms with Gasteiger partial charge < -0.3 is 19.5 Å². The Morgan fingerprint density at radius 1 is 0.867 bits per heavy atom. The largest absolute Gasteiger partial charge is 0.545 e. The number of carbonyl (C=O) groups is 1. The first-order chi connectivity index (χ1) is 13.9. The number of carboxylic acids is 1. The first-order valence-corrected chi connectivity index (χ1v) is 11.7. The average molecular weight is 444 g/mol. The molecule has 1 atom stereocenters. The molecule has 1 aromatic rings. The van der Waals surface area contributed by atoms with Gasteiger partial charge in [0.05, 0.1) is 25.6 Å². The summed E-state index contributed by atoms with van der Waals surface area (Å²) < 4.78 is 1.16. The van der Waals surface area contributed by atoms with Crippen LogP contribution in [0.1, 0.15) is 95.8 Å². The fourth-order valence-electron chi connectivity index (χ4n) is 3.84. The van der Waals surface area contributed by atoms with Gasteiger partial charge in [-0.05, 0) is 51.0 Å². The normalized spacial score (nSPS) is 11.8. The van der Waals surface area contributed by atoms with Gasteiger partial charge in [-0.15, -0.1) is 12.4 Å². The number of aliphatic hydroxyl groups is 1. The molecule has 0 saturated carbocycles. The third-order valence-electron chi connectivity index (χ3n) is 5.37. The van der Waals surface area contributed by atoms with Crippen LogP contribution in [0.25, 0.3) is 0 Å². The van der Waals surface area contributed by atoms with Crippen molar-refractivity contribution in [3.8, 4) is 0 Å². The molecular formula is C25H46ClNO3. The second-order valence-corrected chi connectivity index (χ2v) is 8.32. The predicted octanol–water partition coefficient (Wildman–Crippen LogP) is 5.23. The van der Waals surface area contributed by atoms with Crippen molar-refractivity contribution in [1.82, 2.24) is 0 Å². The zero-order chi connectivity index (χ0) is 22.0. The summed E-state index contributed by atoms with van der Waals surface area (Å²) in [5.74, 6) is -1.13. The topological polar surface area (TPSA) is 60.4 Å². The Labute approximate surface area is 191 Å². The fourth-order valence-corrected chi connectivity index (χ4v) is 3.84. The second kappa shape index (κ2) is 19.8. The van der Waals surface area contributed by atoms with Crippen LogP contribution < -0.4 is 5.11 Å². The Bertz CT molecular complexity index is 482. The van der Waals surface area contributed by atoms with Crippen LogP contribution in [0.2, 0.25) is 0 Å². The number of unbranched alkanes of at least 4 members (excludes halogenated alkanes) is 6. The van der Waals surface area contributed by atoms with Gasteiger partial charge in [0.15, 0.2) is 0 Å². The summed E-state index contributed by atoms with van der Waals surface area (Å²) in [5, 5.41) is 20.0. The van der Waals surface area contributed by atoms with Gasteiger partial charge in [-0.25, -0.2) is 0 Å². The molecule has 1 aromatic carbocycles. The number of nitrogens with zero attached hydrogens (tertiary/aromatic N) is 1. The van der Waals surface area contributed by atoms with E-state index >= 15 is 0 Å². The standard InChI is InChI=1S/C18H40NO.C7H6O2.ClH/c1-5-8-11-14-19(17-18(4)20,15-12-9-6-2)16-13-10-7-3;8-7(9)6-4-2-1-3-5-6;/h18,20H,5-17H2,1-4H3;1-5H,(H,8,9);1H/q+1;;/p-1. The molecule has 0 aliphatic rings. The number of quaternary nitrogens is 1. The number of aliphatic hydroxyl groups excluding tert-OH is 1. The van der Waals surface area contributed by atoms with Crippen LogP contribution in [0, 0.1) is 0 Å². The van der Waals surface area contributed by atoms with E-state index in [2.05, 4.69) is 20.8 Å². The molecule has 0 aliphatic heterocycles. The van der Waals surface area contributed by atoms with E-state index < -0.39 is 5.97 Å². The number of halogens is 1. The Morgan fingerprint density at radius 2 is 1.27 bits per heavy atom. The SMILES string of the molecule is CCCCC[N+](CCCCC)(CCCCC)CC(C)O.Cl.O=C([O-])c1ccccc1. The minimum Gasteiger partial charge on any atom is -0.545 e. The Balaban J connectivity index is 0. The molecule has 0 aliphatic carbocycles. The van der Waals surface area contributed by atoms with Crippen LogP contribution in [-0.2, 0) is 0 Å². The van der Waals surface area contributed by atoms with Gasteiger partial charge in [-0.1, -0.05) is 70.4 Å². The summed E-state index contributed by atoms with van der Waals surface area (Å²) in [6.07, 6.45) is 11.7. The molecule has 1 N–H and O–H groups in total. The zero-order valence-corrected chi connectivity index (χ0v) is 20.6. The number of carboxylic acid groups (broad SMARTS) is 1. The van der Waals surface area contributed by atoms with E-state index in [9.17, 15) is 15.0 Å². The first-order valence-electron chi connectivity index (χ1n) is 11.7. The highest BCUT2D eigenvalue weighted by Gasteiger charge is 2.27. The van der Waals surface area contributed by atoms with Crippen molar-refractivity contribution in [3.63, 3.8) is 0 Å². The van der Waals surface area contributed by atoms with Crippen molar-refractivity contribution >= 4 is 18.4 Å². The van der Waals surface area contributed by atoms with E-state index in [-0.39, 0.29) is 24.1 Å². The summed E-state index contributed by atoms with van der Waals surface area (Å²) in [6.45, 7) is 13.6. The molecule has 0 aromatic heterocycles. The molecule has 0 spiro atoms. The van der Waals surface area contributed by atoms with E-state index in [0.717, 1.165) is 11.0 Å². The lowest BCUT2D eigenvalue weighted by Gasteiger charge is -2.40. The summed E-state index contributed by atoms with van der Waals surface area (Å²) in [6, 6.07) is 8.06. The van der Waals surface area contributed by atoms with Crippen LogP contribution in [0.15, 0.2) is 30.3 Å². The predicted molar refractivity (Wildman–Crippen MR) is 128 cm³/mol. The van der Waals surface area contributed by atoms with Crippen molar-refractivity contribution in [2.24, 2.45) is 0 Å². The summed E-state index contributed by atoms with van der Waals surface area (Å²) in [4.78, 5) is 10.1. The third kappa shape index (κ3) is 15.7. The van der Waals surface area contributed by atoms with Gasteiger partial charge in [-0.3, -0.25) is 0 Å². The Morgan fingerprint density at radius 3 is 1.53 bits per heavy atom. The summed E-state index contributed by atoms with van der Waals surface area (Å²) in [7, 11) is 0. The van der Waals surface area contributed by atoms with E-state index in [1.165, 1.54) is 89.6 Å². The maximum absolute atomic E-state index is 10.1. The minimum atomic E-state index is -1.13. The molecule has 176 valence electrons. The van der Waals surface area contributed by atoms with Crippen LogP contribution >= 0.6 is 12.4 Å². The molecule has 0 amide bonds. The van der Waals surface area contributed by atoms with E-state index in [0.29, 0.717) is 0 Å². The van der Waals surface area contributed by atoms with Gasteiger partial charge in [0, 0.05) is 0 Å². The molecule has 0 fully saturated rings. The molecule has 0 heterocycles. The Hall–Kier alpha value is -1.10. The number of rotatable bonds is 15. The molecule has 5 heteroatoms. The number of carbonyl (C=O) groups excluding carboxylic acids is 1. The van der Waals surface area contributed by atoms with Crippen molar-refractivity contribution in [2.45, 2.75) is 91.6 Å². The van der Waals surface area contributed by atoms with Crippen molar-refractivity contribution in [3.05, 3.63) is 35.9 Å². The third-order valence-corrected chi connectivity index (χ3v) is 5.37. The second-order valence-electron chi connectivity index (χ2n) is 8.32. The molecule has 0 saturated heterocycles. The molecule has 1 unspecified atom stereocenters. The van der Waals surface area contributed by atoms with Gasteiger partial charge >= 0.3 is 0 Å². The summed E-state index contributed by atoms with van der Waals surface area (Å²) in [5.41, 5.74) is 0.220. The average Bonchev–Trinajstić information content (AvgIpc) is 2.69. The first kappa shape index (κ1) is 31.1. The van der Waals surface area contributed by atoms with Gasteiger partial charge in [0.2, 0.25) is 0 Å². The smallest absolute Gasteiger partial charge is 0.105 e. The number of aromatic carboxylic acids is 1. The van der Waals surface area contributed by atoms with E-state index in [1.54, 1.807) is 18.2 Å². The molecule has 0 bridgehead atoms. The highest BCUT2D eigenvalue weighted by molar-refractivity contribution is 5.85. The molecule has 1 rings (SSSR count). The lowest BCUT2D eigenvalue weighted by molar-refractivity contribution is -0.931. The highest BCUT2D eigenvalue weighted by Crippen LogP contribution is 2.17. The van der Waals surface area contributed by atoms with Crippen molar-refractivity contribution < 1.29 is 19.5 Å². The number of hydrogen-bond donors (Lipinski definition) is 1. The monoisotopic (exact) mass is 443 g/mol. The van der Waals surface area contributed by atoms with Gasteiger partial charge in [0.25, 0.3) is 0 Å². The molecule has 4 nitrogen and oxygen atoms in total. The molecule has 30 heavy (non-hydrogen) atoms. The Kier molecular flexibility index (Phi) is 20.6. The van der Waals surface area contributed by atoms with Crippen LogP contribution in [0.4, 0.5) is 0 Å². The van der Waals surface area contributed by atoms with Crippen LogP contribution in [-0.4, -0.2) is 47.8 Å². The maximum atomic E-state index is 10.1.